The van der Waals surface area contributed by atoms with Crippen LogP contribution in [-0.4, -0.2) is 16.7 Å². The molecule has 0 spiro atoms. The maximum atomic E-state index is 9.35. The van der Waals surface area contributed by atoms with E-state index in [0.717, 1.165) is 27.7 Å². The summed E-state index contributed by atoms with van der Waals surface area (Å²) in [7, 11) is 0. The van der Waals surface area contributed by atoms with Crippen molar-refractivity contribution in [2.75, 3.05) is 6.61 Å². The summed E-state index contributed by atoms with van der Waals surface area (Å²) in [5.41, 5.74) is 2.21. The lowest BCUT2D eigenvalue weighted by atomic mass is 10.1. The van der Waals surface area contributed by atoms with E-state index in [9.17, 15) is 5.11 Å². The maximum absolute atomic E-state index is 9.35. The van der Waals surface area contributed by atoms with Gasteiger partial charge < -0.3 is 9.84 Å². The second-order valence-corrected chi connectivity index (χ2v) is 6.31. The molecule has 2 aromatic rings. The van der Waals surface area contributed by atoms with Crippen LogP contribution in [0.25, 0.3) is 0 Å². The van der Waals surface area contributed by atoms with Gasteiger partial charge in [0, 0.05) is 6.42 Å². The summed E-state index contributed by atoms with van der Waals surface area (Å²) in [4.78, 5) is 5.59. The van der Waals surface area contributed by atoms with Crippen LogP contribution in [-0.2, 0) is 13.0 Å². The molecule has 1 N–H and O–H groups in total. The Bertz CT molecular complexity index is 563. The average molecular weight is 291 g/mol. The van der Waals surface area contributed by atoms with Gasteiger partial charge in [0.1, 0.15) is 5.75 Å². The van der Waals surface area contributed by atoms with Gasteiger partial charge in [-0.15, -0.1) is 11.3 Å². The smallest absolute Gasteiger partial charge is 0.119 e. The zero-order valence-electron chi connectivity index (χ0n) is 12.2. The van der Waals surface area contributed by atoms with E-state index in [1.165, 1.54) is 5.56 Å². The highest BCUT2D eigenvalue weighted by molar-refractivity contribution is 7.11. The quantitative estimate of drug-likeness (QED) is 0.882. The first-order valence-electron chi connectivity index (χ1n) is 6.89. The van der Waals surface area contributed by atoms with Gasteiger partial charge in [-0.05, 0) is 30.5 Å². The number of hydrogen-bond acceptors (Lipinski definition) is 4. The molecule has 0 atom stereocenters. The van der Waals surface area contributed by atoms with Crippen molar-refractivity contribution in [3.05, 3.63) is 45.4 Å². The largest absolute Gasteiger partial charge is 0.493 e. The van der Waals surface area contributed by atoms with Crippen LogP contribution in [0.2, 0.25) is 0 Å². The Hall–Kier alpha value is -1.39. The van der Waals surface area contributed by atoms with Crippen molar-refractivity contribution in [1.82, 2.24) is 4.98 Å². The zero-order valence-corrected chi connectivity index (χ0v) is 13.0. The number of rotatable bonds is 6. The number of hydrogen-bond donors (Lipinski definition) is 1. The number of ether oxygens (including phenoxy) is 1. The lowest BCUT2D eigenvalue weighted by Crippen LogP contribution is -2.01. The minimum atomic E-state index is 0.0733. The van der Waals surface area contributed by atoms with Gasteiger partial charge in [0.25, 0.3) is 0 Å². The Labute approximate surface area is 124 Å². The van der Waals surface area contributed by atoms with Crippen LogP contribution in [0.1, 0.15) is 40.9 Å². The van der Waals surface area contributed by atoms with Crippen LogP contribution in [0.5, 0.6) is 5.75 Å². The summed E-state index contributed by atoms with van der Waals surface area (Å²) < 4.78 is 5.74. The van der Waals surface area contributed by atoms with Crippen LogP contribution >= 0.6 is 11.3 Å². The van der Waals surface area contributed by atoms with Gasteiger partial charge in [0.05, 0.1) is 28.8 Å². The molecule has 0 bridgehead atoms. The van der Waals surface area contributed by atoms with Gasteiger partial charge >= 0.3 is 0 Å². The van der Waals surface area contributed by atoms with Gasteiger partial charge in [-0.3, -0.25) is 0 Å². The van der Waals surface area contributed by atoms with Gasteiger partial charge in [-0.1, -0.05) is 26.0 Å². The molecular formula is C16H21NO2S. The normalized spacial score (nSPS) is 11.1. The highest BCUT2D eigenvalue weighted by Gasteiger charge is 2.13. The third-order valence-electron chi connectivity index (χ3n) is 3.04. The van der Waals surface area contributed by atoms with E-state index in [0.29, 0.717) is 12.5 Å². The molecule has 108 valence electrons. The number of aromatic nitrogens is 1. The van der Waals surface area contributed by atoms with Crippen molar-refractivity contribution < 1.29 is 9.84 Å². The third-order valence-corrected chi connectivity index (χ3v) is 4.15. The van der Waals surface area contributed by atoms with E-state index in [-0.39, 0.29) is 6.61 Å². The minimum Gasteiger partial charge on any atom is -0.493 e. The number of thiazole rings is 1. The first-order chi connectivity index (χ1) is 9.60. The summed E-state index contributed by atoms with van der Waals surface area (Å²) in [6, 6.07) is 8.04. The topological polar surface area (TPSA) is 42.4 Å². The molecular weight excluding hydrogens is 270 g/mol. The second-order valence-electron chi connectivity index (χ2n) is 5.14. The molecule has 1 aromatic carbocycles. The molecule has 4 heteroatoms. The lowest BCUT2D eigenvalue weighted by Gasteiger charge is -2.05. The summed E-state index contributed by atoms with van der Waals surface area (Å²) in [6.45, 7) is 6.93. The molecule has 0 aliphatic carbocycles. The van der Waals surface area contributed by atoms with Crippen molar-refractivity contribution >= 4 is 11.3 Å². The van der Waals surface area contributed by atoms with Crippen molar-refractivity contribution in [1.29, 1.82) is 0 Å². The predicted octanol–water partition coefficient (Wildman–Crippen LogP) is 3.69. The number of aliphatic hydroxyl groups is 1. The van der Waals surface area contributed by atoms with E-state index < -0.39 is 0 Å². The molecule has 0 amide bonds. The zero-order chi connectivity index (χ0) is 14.5. The fourth-order valence-electron chi connectivity index (χ4n) is 2.05. The van der Waals surface area contributed by atoms with Gasteiger partial charge in [-0.25, -0.2) is 4.98 Å². The van der Waals surface area contributed by atoms with E-state index >= 15 is 0 Å². The SMILES string of the molecule is Cc1cccc(OCCc2nc(C(C)C)c(CO)s2)c1. The van der Waals surface area contributed by atoms with Crippen LogP contribution in [0.15, 0.2) is 24.3 Å². The summed E-state index contributed by atoms with van der Waals surface area (Å²) in [5.74, 6) is 1.24. The molecule has 0 aliphatic heterocycles. The Balaban J connectivity index is 1.94. The summed E-state index contributed by atoms with van der Waals surface area (Å²) in [6.07, 6.45) is 0.776. The van der Waals surface area contributed by atoms with Crippen molar-refractivity contribution in [3.8, 4) is 5.75 Å². The number of aryl methyl sites for hydroxylation is 1. The van der Waals surface area contributed by atoms with Gasteiger partial charge in [-0.2, -0.15) is 0 Å². The van der Waals surface area contributed by atoms with Crippen molar-refractivity contribution in [2.45, 2.75) is 39.7 Å². The van der Waals surface area contributed by atoms with Crippen molar-refractivity contribution in [2.24, 2.45) is 0 Å². The molecule has 1 aromatic heterocycles. The number of benzene rings is 1. The predicted molar refractivity (Wildman–Crippen MR) is 82.5 cm³/mol. The van der Waals surface area contributed by atoms with E-state index in [4.69, 9.17) is 4.74 Å². The minimum absolute atomic E-state index is 0.0733. The molecule has 0 saturated heterocycles. The van der Waals surface area contributed by atoms with Crippen molar-refractivity contribution in [3.63, 3.8) is 0 Å². The summed E-state index contributed by atoms with van der Waals surface area (Å²) in [5, 5.41) is 10.4. The number of aliphatic hydroxyl groups excluding tert-OH is 1. The monoisotopic (exact) mass is 291 g/mol. The highest BCUT2D eigenvalue weighted by atomic mass is 32.1. The molecule has 0 saturated carbocycles. The van der Waals surface area contributed by atoms with Crippen LogP contribution in [0.3, 0.4) is 0 Å². The molecule has 0 aliphatic rings. The van der Waals surface area contributed by atoms with Gasteiger partial charge in [0.15, 0.2) is 0 Å². The molecule has 20 heavy (non-hydrogen) atoms. The van der Waals surface area contributed by atoms with Crippen LogP contribution in [0.4, 0.5) is 0 Å². The Morgan fingerprint density at radius 1 is 1.35 bits per heavy atom. The highest BCUT2D eigenvalue weighted by Crippen LogP contribution is 2.25. The first kappa shape index (κ1) is 15.0. The molecule has 3 nitrogen and oxygen atoms in total. The third kappa shape index (κ3) is 3.81. The maximum Gasteiger partial charge on any atom is 0.119 e. The van der Waals surface area contributed by atoms with Crippen LogP contribution in [0, 0.1) is 6.92 Å². The lowest BCUT2D eigenvalue weighted by molar-refractivity contribution is 0.283. The average Bonchev–Trinajstić information content (AvgIpc) is 2.82. The Kier molecular flexibility index (Phi) is 5.15. The van der Waals surface area contributed by atoms with E-state index in [2.05, 4.69) is 31.8 Å². The molecule has 1 heterocycles. The van der Waals surface area contributed by atoms with Gasteiger partial charge in [0.2, 0.25) is 0 Å². The van der Waals surface area contributed by atoms with Crippen LogP contribution < -0.4 is 4.74 Å². The fraction of sp³-hybridized carbons (Fsp3) is 0.438. The summed E-state index contributed by atoms with van der Waals surface area (Å²) >= 11 is 1.59. The molecule has 0 unspecified atom stereocenters. The Morgan fingerprint density at radius 2 is 2.15 bits per heavy atom. The fourth-order valence-corrected chi connectivity index (χ4v) is 3.11. The standard InChI is InChI=1S/C16H21NO2S/c1-11(2)16-14(10-18)20-15(17-16)7-8-19-13-6-4-5-12(3)9-13/h4-6,9,11,18H,7-8,10H2,1-3H3. The molecule has 0 radical (unpaired) electrons. The van der Waals surface area contributed by atoms with E-state index in [1.54, 1.807) is 11.3 Å². The molecule has 0 fully saturated rings. The molecule has 2 rings (SSSR count). The first-order valence-corrected chi connectivity index (χ1v) is 7.70. The van der Waals surface area contributed by atoms with E-state index in [1.807, 2.05) is 18.2 Å². The second kappa shape index (κ2) is 6.86. The Morgan fingerprint density at radius 3 is 2.75 bits per heavy atom. The number of nitrogens with zero attached hydrogens (tertiary/aromatic N) is 1.